The average Bonchev–Trinajstić information content (AvgIpc) is 2.78. The van der Waals surface area contributed by atoms with E-state index in [0.717, 1.165) is 12.8 Å². The summed E-state index contributed by atoms with van der Waals surface area (Å²) in [5.74, 6) is -1.10. The van der Waals surface area contributed by atoms with Crippen molar-refractivity contribution in [3.63, 3.8) is 0 Å². The number of carboxylic acid groups (broad SMARTS) is 1. The van der Waals surface area contributed by atoms with E-state index in [2.05, 4.69) is 15.6 Å². The zero-order valence-electron chi connectivity index (χ0n) is 8.48. The molecule has 86 valence electrons. The highest BCUT2D eigenvalue weighted by Crippen LogP contribution is 2.20. The molecule has 1 saturated heterocycles. The lowest BCUT2D eigenvalue weighted by Gasteiger charge is -2.27. The molecule has 1 aliphatic heterocycles. The molecule has 0 radical (unpaired) electrons. The fourth-order valence-electron chi connectivity index (χ4n) is 1.78. The fourth-order valence-corrected chi connectivity index (χ4v) is 1.78. The van der Waals surface area contributed by atoms with Crippen molar-refractivity contribution in [2.45, 2.75) is 18.9 Å². The summed E-state index contributed by atoms with van der Waals surface area (Å²) in [6.07, 6.45) is 3.05. The number of piperidine rings is 1. The normalized spacial score (nSPS) is 20.8. The SMILES string of the molecule is O=NN1CCCC(n2cc(C(=O)O)nn2)C1. The summed E-state index contributed by atoms with van der Waals surface area (Å²) >= 11 is 0. The van der Waals surface area contributed by atoms with E-state index in [9.17, 15) is 9.70 Å². The highest BCUT2D eigenvalue weighted by molar-refractivity contribution is 5.84. The minimum Gasteiger partial charge on any atom is -0.476 e. The van der Waals surface area contributed by atoms with Gasteiger partial charge in [-0.3, -0.25) is 5.01 Å². The molecule has 16 heavy (non-hydrogen) atoms. The van der Waals surface area contributed by atoms with Crippen LogP contribution in [0.4, 0.5) is 0 Å². The van der Waals surface area contributed by atoms with Gasteiger partial charge in [-0.15, -0.1) is 10.0 Å². The molecule has 1 aromatic rings. The van der Waals surface area contributed by atoms with Gasteiger partial charge in [0.1, 0.15) is 0 Å². The van der Waals surface area contributed by atoms with Crippen LogP contribution < -0.4 is 0 Å². The molecule has 1 atom stereocenters. The van der Waals surface area contributed by atoms with Crippen molar-refractivity contribution in [1.82, 2.24) is 20.0 Å². The molecule has 0 bridgehead atoms. The minimum atomic E-state index is -1.10. The molecule has 1 aliphatic rings. The number of nitrogens with zero attached hydrogens (tertiary/aromatic N) is 5. The van der Waals surface area contributed by atoms with Crippen molar-refractivity contribution in [2.75, 3.05) is 13.1 Å². The maximum atomic E-state index is 10.6. The predicted molar refractivity (Wildman–Crippen MR) is 52.6 cm³/mol. The zero-order chi connectivity index (χ0) is 11.5. The van der Waals surface area contributed by atoms with Crippen molar-refractivity contribution in [3.05, 3.63) is 16.8 Å². The topological polar surface area (TPSA) is 101 Å². The molecule has 8 nitrogen and oxygen atoms in total. The van der Waals surface area contributed by atoms with Crippen LogP contribution in [0.25, 0.3) is 0 Å². The molecule has 8 heteroatoms. The number of carbonyl (C=O) groups is 1. The lowest BCUT2D eigenvalue weighted by molar-refractivity contribution is 0.0690. The lowest BCUT2D eigenvalue weighted by Crippen LogP contribution is -2.32. The maximum Gasteiger partial charge on any atom is 0.358 e. The second kappa shape index (κ2) is 4.25. The molecule has 0 aromatic carbocycles. The second-order valence-electron chi connectivity index (χ2n) is 3.68. The minimum absolute atomic E-state index is 0.0351. The molecule has 1 fully saturated rings. The Bertz CT molecular complexity index is 404. The first-order chi connectivity index (χ1) is 7.70. The number of hydrogen-bond acceptors (Lipinski definition) is 5. The van der Waals surface area contributed by atoms with E-state index in [-0.39, 0.29) is 11.7 Å². The van der Waals surface area contributed by atoms with Crippen LogP contribution in [0.5, 0.6) is 0 Å². The first-order valence-corrected chi connectivity index (χ1v) is 4.94. The summed E-state index contributed by atoms with van der Waals surface area (Å²) in [6, 6.07) is -0.0351. The maximum absolute atomic E-state index is 10.6. The molecule has 0 saturated carbocycles. The molecule has 1 aromatic heterocycles. The largest absolute Gasteiger partial charge is 0.476 e. The molecule has 1 N–H and O–H groups in total. The fraction of sp³-hybridized carbons (Fsp3) is 0.625. The van der Waals surface area contributed by atoms with Crippen LogP contribution in [0.15, 0.2) is 11.5 Å². The Hall–Kier alpha value is -1.99. The molecular formula is C8H11N5O3. The van der Waals surface area contributed by atoms with E-state index < -0.39 is 5.97 Å². The van der Waals surface area contributed by atoms with Gasteiger partial charge < -0.3 is 5.11 Å². The molecule has 0 spiro atoms. The number of aromatic nitrogens is 3. The Kier molecular flexibility index (Phi) is 2.80. The summed E-state index contributed by atoms with van der Waals surface area (Å²) in [5.41, 5.74) is -0.0869. The monoisotopic (exact) mass is 225 g/mol. The number of carboxylic acids is 1. The molecule has 2 rings (SSSR count). The third-order valence-electron chi connectivity index (χ3n) is 2.59. The Balaban J connectivity index is 2.10. The van der Waals surface area contributed by atoms with Gasteiger partial charge in [0.25, 0.3) is 0 Å². The van der Waals surface area contributed by atoms with Gasteiger partial charge in [-0.2, -0.15) is 0 Å². The van der Waals surface area contributed by atoms with Gasteiger partial charge in [-0.05, 0) is 12.8 Å². The smallest absolute Gasteiger partial charge is 0.358 e. The van der Waals surface area contributed by atoms with Gasteiger partial charge in [-0.1, -0.05) is 5.21 Å². The Morgan fingerprint density at radius 3 is 3.06 bits per heavy atom. The molecule has 0 amide bonds. The third kappa shape index (κ3) is 2.00. The first kappa shape index (κ1) is 10.5. The van der Waals surface area contributed by atoms with Crippen molar-refractivity contribution >= 4 is 5.97 Å². The van der Waals surface area contributed by atoms with E-state index >= 15 is 0 Å². The van der Waals surface area contributed by atoms with Gasteiger partial charge in [0.2, 0.25) is 0 Å². The van der Waals surface area contributed by atoms with Crippen LogP contribution in [0.2, 0.25) is 0 Å². The van der Waals surface area contributed by atoms with Crippen LogP contribution in [-0.4, -0.2) is 44.2 Å². The summed E-state index contributed by atoms with van der Waals surface area (Å²) in [4.78, 5) is 21.0. The van der Waals surface area contributed by atoms with Crippen molar-refractivity contribution in [2.24, 2.45) is 5.29 Å². The lowest BCUT2D eigenvalue weighted by atomic mass is 10.1. The van der Waals surface area contributed by atoms with E-state index in [1.807, 2.05) is 0 Å². The molecular weight excluding hydrogens is 214 g/mol. The van der Waals surface area contributed by atoms with Gasteiger partial charge >= 0.3 is 5.97 Å². The van der Waals surface area contributed by atoms with Crippen LogP contribution in [-0.2, 0) is 0 Å². The summed E-state index contributed by atoms with van der Waals surface area (Å²) in [6.45, 7) is 1.09. The quantitative estimate of drug-likeness (QED) is 0.742. The second-order valence-corrected chi connectivity index (χ2v) is 3.68. The number of rotatable bonds is 3. The average molecular weight is 225 g/mol. The summed E-state index contributed by atoms with van der Waals surface area (Å²) in [7, 11) is 0. The number of aromatic carboxylic acids is 1. The number of nitroso groups, excluding NO2 is 1. The van der Waals surface area contributed by atoms with Crippen molar-refractivity contribution in [1.29, 1.82) is 0 Å². The highest BCUT2D eigenvalue weighted by Gasteiger charge is 2.23. The van der Waals surface area contributed by atoms with Crippen LogP contribution in [0.3, 0.4) is 0 Å². The Morgan fingerprint density at radius 2 is 2.44 bits per heavy atom. The van der Waals surface area contributed by atoms with Gasteiger partial charge in [-0.25, -0.2) is 9.48 Å². The standard InChI is InChI=1S/C8H11N5O3/c14-8(15)7-5-13(10-9-7)6-2-1-3-12(4-6)11-16/h5-6H,1-4H2,(H,14,15). The van der Waals surface area contributed by atoms with E-state index in [1.54, 1.807) is 0 Å². The third-order valence-corrected chi connectivity index (χ3v) is 2.59. The highest BCUT2D eigenvalue weighted by atomic mass is 16.4. The summed E-state index contributed by atoms with van der Waals surface area (Å²) < 4.78 is 1.49. The van der Waals surface area contributed by atoms with Gasteiger partial charge in [0, 0.05) is 6.54 Å². The Labute approximate surface area is 90.8 Å². The van der Waals surface area contributed by atoms with E-state index in [4.69, 9.17) is 5.11 Å². The van der Waals surface area contributed by atoms with E-state index in [1.165, 1.54) is 15.9 Å². The number of hydrogen-bond donors (Lipinski definition) is 1. The first-order valence-electron chi connectivity index (χ1n) is 4.94. The predicted octanol–water partition coefficient (Wildman–Crippen LogP) is 0.295. The van der Waals surface area contributed by atoms with E-state index in [0.29, 0.717) is 13.1 Å². The molecule has 2 heterocycles. The molecule has 1 unspecified atom stereocenters. The van der Waals surface area contributed by atoms with Crippen LogP contribution in [0.1, 0.15) is 29.4 Å². The van der Waals surface area contributed by atoms with Crippen molar-refractivity contribution < 1.29 is 9.90 Å². The van der Waals surface area contributed by atoms with Gasteiger partial charge in [0.15, 0.2) is 5.69 Å². The van der Waals surface area contributed by atoms with Gasteiger partial charge in [0.05, 0.1) is 24.1 Å². The molecule has 0 aliphatic carbocycles. The van der Waals surface area contributed by atoms with Crippen LogP contribution >= 0.6 is 0 Å². The summed E-state index contributed by atoms with van der Waals surface area (Å²) in [5, 5.41) is 20.3. The van der Waals surface area contributed by atoms with Crippen molar-refractivity contribution in [3.8, 4) is 0 Å². The Morgan fingerprint density at radius 1 is 1.62 bits per heavy atom. The zero-order valence-corrected chi connectivity index (χ0v) is 8.48. The van der Waals surface area contributed by atoms with Crippen LogP contribution in [0, 0.1) is 4.91 Å².